The minimum absolute atomic E-state index is 0.109. The van der Waals surface area contributed by atoms with E-state index in [4.69, 9.17) is 0 Å². The van der Waals surface area contributed by atoms with E-state index in [9.17, 15) is 9.18 Å². The Morgan fingerprint density at radius 1 is 1.05 bits per heavy atom. The molecule has 1 aliphatic carbocycles. The highest BCUT2D eigenvalue weighted by Crippen LogP contribution is 2.28. The summed E-state index contributed by atoms with van der Waals surface area (Å²) in [5.41, 5.74) is 2.52. The third-order valence-electron chi connectivity index (χ3n) is 3.68. The summed E-state index contributed by atoms with van der Waals surface area (Å²) in [6.07, 6.45) is 4.44. The van der Waals surface area contributed by atoms with E-state index >= 15 is 0 Å². The van der Waals surface area contributed by atoms with E-state index in [2.05, 4.69) is 10.6 Å². The number of benzene rings is 1. The number of rotatable bonds is 1. The zero-order valence-corrected chi connectivity index (χ0v) is 11.2. The highest BCUT2D eigenvalue weighted by Gasteiger charge is 2.25. The van der Waals surface area contributed by atoms with Gasteiger partial charge >= 0.3 is 0 Å². The number of ketones is 1. The highest BCUT2D eigenvalue weighted by molar-refractivity contribution is 6.12. The average molecular weight is 272 g/mol. The summed E-state index contributed by atoms with van der Waals surface area (Å²) in [6.45, 7) is 1.73. The van der Waals surface area contributed by atoms with Gasteiger partial charge in [-0.2, -0.15) is 0 Å². The van der Waals surface area contributed by atoms with Crippen LogP contribution in [0.2, 0.25) is 0 Å². The van der Waals surface area contributed by atoms with Crippen LogP contribution in [0.15, 0.2) is 41.2 Å². The topological polar surface area (TPSA) is 41.1 Å². The van der Waals surface area contributed by atoms with E-state index < -0.39 is 0 Å². The van der Waals surface area contributed by atoms with Gasteiger partial charge in [-0.25, -0.2) is 4.39 Å². The normalized spacial score (nSPS) is 21.1. The Labute approximate surface area is 117 Å². The zero-order valence-electron chi connectivity index (χ0n) is 11.2. The molecule has 0 radical (unpaired) electrons. The maximum Gasteiger partial charge on any atom is 0.188 e. The number of halogens is 1. The molecule has 1 aliphatic heterocycles. The van der Waals surface area contributed by atoms with Gasteiger partial charge in [0.15, 0.2) is 5.78 Å². The molecule has 3 rings (SSSR count). The first-order valence-corrected chi connectivity index (χ1v) is 6.96. The van der Waals surface area contributed by atoms with E-state index in [1.54, 1.807) is 12.1 Å². The Bertz CT molecular complexity index is 579. The summed E-state index contributed by atoms with van der Waals surface area (Å²) in [4.78, 5) is 12.5. The minimum Gasteiger partial charge on any atom is -0.370 e. The van der Waals surface area contributed by atoms with E-state index in [0.29, 0.717) is 0 Å². The van der Waals surface area contributed by atoms with Crippen molar-refractivity contribution in [3.05, 3.63) is 52.6 Å². The van der Waals surface area contributed by atoms with Crippen molar-refractivity contribution < 1.29 is 9.18 Å². The first kappa shape index (κ1) is 12.9. The van der Waals surface area contributed by atoms with E-state index in [1.807, 2.05) is 6.08 Å². The van der Waals surface area contributed by atoms with Gasteiger partial charge in [0.05, 0.1) is 0 Å². The second-order valence-corrected chi connectivity index (χ2v) is 5.11. The van der Waals surface area contributed by atoms with Crippen LogP contribution in [0.1, 0.15) is 24.8 Å². The van der Waals surface area contributed by atoms with Crippen LogP contribution < -0.4 is 10.6 Å². The standard InChI is InChI=1S/C16H17FN2O/c17-13-6-4-11(5-7-13)10-12-2-1-3-14(15(12)20)16-18-8-9-19-16/h4-7,10,18-19H,1-3,8-9H2/b12-10+. The molecule has 2 aliphatic rings. The largest absolute Gasteiger partial charge is 0.370 e. The molecular weight excluding hydrogens is 255 g/mol. The molecule has 1 aromatic carbocycles. The fraction of sp³-hybridized carbons (Fsp3) is 0.312. The molecule has 4 heteroatoms. The Balaban J connectivity index is 1.88. The third-order valence-corrected chi connectivity index (χ3v) is 3.68. The van der Waals surface area contributed by atoms with Gasteiger partial charge in [0, 0.05) is 24.2 Å². The summed E-state index contributed by atoms with van der Waals surface area (Å²) in [5.74, 6) is 0.737. The number of carbonyl (C=O) groups excluding carboxylic acids is 1. The lowest BCUT2D eigenvalue weighted by Crippen LogP contribution is -2.22. The lowest BCUT2D eigenvalue weighted by molar-refractivity contribution is -0.113. The van der Waals surface area contributed by atoms with Gasteiger partial charge in [-0.05, 0) is 43.0 Å². The summed E-state index contributed by atoms with van der Waals surface area (Å²) < 4.78 is 12.9. The van der Waals surface area contributed by atoms with Crippen LogP contribution >= 0.6 is 0 Å². The van der Waals surface area contributed by atoms with E-state index in [1.165, 1.54) is 12.1 Å². The Hall–Kier alpha value is -2.10. The highest BCUT2D eigenvalue weighted by atomic mass is 19.1. The molecule has 1 heterocycles. The number of carbonyl (C=O) groups is 1. The molecule has 0 spiro atoms. The predicted molar refractivity (Wildman–Crippen MR) is 76.3 cm³/mol. The fourth-order valence-corrected chi connectivity index (χ4v) is 2.66. The van der Waals surface area contributed by atoms with Crippen molar-refractivity contribution in [3.8, 4) is 0 Å². The van der Waals surface area contributed by atoms with Gasteiger partial charge in [0.2, 0.25) is 0 Å². The maximum atomic E-state index is 12.9. The van der Waals surface area contributed by atoms with Gasteiger partial charge in [0.25, 0.3) is 0 Å². The lowest BCUT2D eigenvalue weighted by atomic mass is 9.87. The summed E-state index contributed by atoms with van der Waals surface area (Å²) in [6, 6.07) is 6.23. The Kier molecular flexibility index (Phi) is 3.54. The zero-order chi connectivity index (χ0) is 13.9. The van der Waals surface area contributed by atoms with Gasteiger partial charge in [-0.3, -0.25) is 4.79 Å². The Morgan fingerprint density at radius 2 is 1.75 bits per heavy atom. The average Bonchev–Trinajstić information content (AvgIpc) is 2.97. The van der Waals surface area contributed by atoms with Crippen LogP contribution in [-0.4, -0.2) is 18.9 Å². The molecule has 1 aromatic rings. The monoisotopic (exact) mass is 272 g/mol. The van der Waals surface area contributed by atoms with Crippen LogP contribution in [0, 0.1) is 5.82 Å². The molecule has 1 saturated carbocycles. The molecule has 0 bridgehead atoms. The number of hydrogen-bond donors (Lipinski definition) is 2. The minimum atomic E-state index is -0.260. The summed E-state index contributed by atoms with van der Waals surface area (Å²) >= 11 is 0. The molecule has 104 valence electrons. The lowest BCUT2D eigenvalue weighted by Gasteiger charge is -2.18. The molecule has 3 nitrogen and oxygen atoms in total. The van der Waals surface area contributed by atoms with Crippen LogP contribution in [0.4, 0.5) is 4.39 Å². The molecule has 0 amide bonds. The predicted octanol–water partition coefficient (Wildman–Crippen LogP) is 2.37. The first-order chi connectivity index (χ1) is 9.74. The summed E-state index contributed by atoms with van der Waals surface area (Å²) in [5, 5.41) is 6.44. The van der Waals surface area contributed by atoms with Crippen LogP contribution in [0.5, 0.6) is 0 Å². The molecular formula is C16H17FN2O. The number of allylic oxidation sites excluding steroid dienone is 2. The molecule has 1 saturated heterocycles. The third kappa shape index (κ3) is 2.59. The van der Waals surface area contributed by atoms with Crippen molar-refractivity contribution >= 4 is 11.9 Å². The van der Waals surface area contributed by atoms with Crippen molar-refractivity contribution in [3.63, 3.8) is 0 Å². The molecule has 20 heavy (non-hydrogen) atoms. The maximum absolute atomic E-state index is 12.9. The second kappa shape index (κ2) is 5.49. The number of nitrogens with one attached hydrogen (secondary N) is 2. The molecule has 0 aromatic heterocycles. The summed E-state index contributed by atoms with van der Waals surface area (Å²) in [7, 11) is 0. The van der Waals surface area contributed by atoms with Crippen molar-refractivity contribution in [2.45, 2.75) is 19.3 Å². The number of hydrogen-bond acceptors (Lipinski definition) is 3. The van der Waals surface area contributed by atoms with E-state index in [-0.39, 0.29) is 11.6 Å². The van der Waals surface area contributed by atoms with Gasteiger partial charge in [0.1, 0.15) is 11.6 Å². The van der Waals surface area contributed by atoms with Crippen molar-refractivity contribution in [2.75, 3.05) is 13.1 Å². The van der Waals surface area contributed by atoms with Crippen LogP contribution in [0.25, 0.3) is 6.08 Å². The molecule has 2 N–H and O–H groups in total. The van der Waals surface area contributed by atoms with Gasteiger partial charge in [-0.1, -0.05) is 12.1 Å². The van der Waals surface area contributed by atoms with Crippen LogP contribution in [0.3, 0.4) is 0 Å². The van der Waals surface area contributed by atoms with Crippen molar-refractivity contribution in [1.29, 1.82) is 0 Å². The van der Waals surface area contributed by atoms with Gasteiger partial charge in [-0.15, -0.1) is 0 Å². The van der Waals surface area contributed by atoms with E-state index in [0.717, 1.165) is 54.9 Å². The Morgan fingerprint density at radius 3 is 2.45 bits per heavy atom. The second-order valence-electron chi connectivity index (χ2n) is 5.11. The quantitative estimate of drug-likeness (QED) is 0.771. The molecule has 0 unspecified atom stereocenters. The molecule has 2 fully saturated rings. The van der Waals surface area contributed by atoms with Crippen molar-refractivity contribution in [2.24, 2.45) is 0 Å². The van der Waals surface area contributed by atoms with Crippen molar-refractivity contribution in [1.82, 2.24) is 10.6 Å². The van der Waals surface area contributed by atoms with Crippen LogP contribution in [-0.2, 0) is 4.79 Å². The first-order valence-electron chi connectivity index (χ1n) is 6.96. The molecule has 0 atom stereocenters. The SMILES string of the molecule is O=C1C(=C2NCCN2)CCC/C1=C\c1ccc(F)cc1. The fourth-order valence-electron chi connectivity index (χ4n) is 2.66. The smallest absolute Gasteiger partial charge is 0.188 e. The van der Waals surface area contributed by atoms with Gasteiger partial charge < -0.3 is 10.6 Å². The number of Topliss-reactive ketones (excluding diaryl/α,β-unsaturated/α-hetero) is 1.